The molecule has 0 amide bonds. The Balaban J connectivity index is 0.000000195. The van der Waals surface area contributed by atoms with E-state index in [0.29, 0.717) is 30.7 Å². The average Bonchev–Trinajstić information content (AvgIpc) is 3.41. The summed E-state index contributed by atoms with van der Waals surface area (Å²) in [5, 5.41) is 0. The number of fused-ring (bicyclic) bond motifs is 1. The van der Waals surface area contributed by atoms with E-state index in [2.05, 4.69) is 9.31 Å². The lowest BCUT2D eigenvalue weighted by Crippen LogP contribution is -2.41. The Morgan fingerprint density at radius 3 is 1.50 bits per heavy atom. The Bertz CT molecular complexity index is 497. The van der Waals surface area contributed by atoms with Crippen LogP contribution in [0.15, 0.2) is 24.3 Å². The lowest BCUT2D eigenvalue weighted by Gasteiger charge is -2.32. The predicted octanol–water partition coefficient (Wildman–Crippen LogP) is 0.427. The van der Waals surface area contributed by atoms with Gasteiger partial charge in [-0.1, -0.05) is 12.1 Å². The number of para-hydroxylation sites is 2. The molecule has 3 aliphatic heterocycles. The van der Waals surface area contributed by atoms with Crippen LogP contribution in [-0.2, 0) is 27.9 Å². The summed E-state index contributed by atoms with van der Waals surface area (Å²) in [7, 11) is 4.85. The summed E-state index contributed by atoms with van der Waals surface area (Å²) in [6.45, 7) is 9.72. The summed E-state index contributed by atoms with van der Waals surface area (Å²) < 4.78 is 39.2. The van der Waals surface area contributed by atoms with E-state index in [1.165, 1.54) is 0 Å². The second kappa shape index (κ2) is 13.1. The zero-order valence-electron chi connectivity index (χ0n) is 17.8. The molecular formula is C16H30B4O8. The molecule has 12 heteroatoms. The minimum atomic E-state index is -0.132. The summed E-state index contributed by atoms with van der Waals surface area (Å²) in [4.78, 5) is 0. The highest BCUT2D eigenvalue weighted by Gasteiger charge is 2.44. The van der Waals surface area contributed by atoms with Crippen LogP contribution in [0.25, 0.3) is 0 Å². The molecule has 0 unspecified atom stereocenters. The van der Waals surface area contributed by atoms with Crippen molar-refractivity contribution in [2.24, 2.45) is 0 Å². The first kappa shape index (κ1) is 24.9. The van der Waals surface area contributed by atoms with Crippen molar-refractivity contribution in [3.8, 4) is 11.5 Å². The Kier molecular flexibility index (Phi) is 11.7. The maximum atomic E-state index is 5.33. The standard InChI is InChI=1S/C6H5BO2.C6H13BO2.C2H5BO2.C2H7BO2/c1-2-4-6-5(3-1)8-7-9-6;1-5(2)6(3,4)9-7-8-5;1-2-5-3-4-1;1-4-3-5-2/h1-4,7H;7H,1-4H3;3H,1-2H2;3H,1-2H3. The Morgan fingerprint density at radius 1 is 0.786 bits per heavy atom. The fourth-order valence-electron chi connectivity index (χ4n) is 1.93. The molecule has 0 spiro atoms. The van der Waals surface area contributed by atoms with E-state index in [4.69, 9.17) is 27.9 Å². The first-order valence-corrected chi connectivity index (χ1v) is 9.10. The van der Waals surface area contributed by atoms with Crippen molar-refractivity contribution in [1.82, 2.24) is 0 Å². The van der Waals surface area contributed by atoms with Gasteiger partial charge in [0.1, 0.15) is 11.5 Å². The molecule has 0 aromatic heterocycles. The molecule has 3 aliphatic rings. The summed E-state index contributed by atoms with van der Waals surface area (Å²) in [6, 6.07) is 7.63. The molecule has 0 bridgehead atoms. The second-order valence-corrected chi connectivity index (χ2v) is 6.91. The van der Waals surface area contributed by atoms with Gasteiger partial charge in [-0.25, -0.2) is 0 Å². The van der Waals surface area contributed by atoms with Gasteiger partial charge in [-0.05, 0) is 39.8 Å². The van der Waals surface area contributed by atoms with E-state index >= 15 is 0 Å². The molecule has 0 aliphatic carbocycles. The van der Waals surface area contributed by atoms with Crippen LogP contribution in [0.5, 0.6) is 11.5 Å². The van der Waals surface area contributed by atoms with Gasteiger partial charge in [-0.2, -0.15) is 0 Å². The number of rotatable bonds is 2. The van der Waals surface area contributed by atoms with Gasteiger partial charge in [0.05, 0.1) is 24.4 Å². The van der Waals surface area contributed by atoms with Crippen molar-refractivity contribution < 1.29 is 37.2 Å². The van der Waals surface area contributed by atoms with Crippen molar-refractivity contribution in [2.45, 2.75) is 38.9 Å². The van der Waals surface area contributed by atoms with Crippen molar-refractivity contribution in [3.63, 3.8) is 0 Å². The van der Waals surface area contributed by atoms with Gasteiger partial charge in [0.2, 0.25) is 0 Å². The summed E-state index contributed by atoms with van der Waals surface area (Å²) in [6.07, 6.45) is 0. The van der Waals surface area contributed by atoms with Crippen LogP contribution in [-0.4, -0.2) is 69.4 Å². The average molecular weight is 394 g/mol. The minimum absolute atomic E-state index is 0.132. The van der Waals surface area contributed by atoms with Crippen LogP contribution >= 0.6 is 0 Å². The molecule has 0 atom stereocenters. The predicted molar refractivity (Wildman–Crippen MR) is 113 cm³/mol. The van der Waals surface area contributed by atoms with Gasteiger partial charge in [0.25, 0.3) is 0 Å². The van der Waals surface area contributed by atoms with E-state index in [0.717, 1.165) is 24.7 Å². The van der Waals surface area contributed by atoms with Crippen LogP contribution in [0.4, 0.5) is 0 Å². The molecule has 8 nitrogen and oxygen atoms in total. The lowest BCUT2D eigenvalue weighted by molar-refractivity contribution is 0.00578. The molecule has 154 valence electrons. The number of benzene rings is 1. The van der Waals surface area contributed by atoms with Crippen LogP contribution in [0.2, 0.25) is 0 Å². The largest absolute Gasteiger partial charge is 0.576 e. The molecule has 3 heterocycles. The van der Waals surface area contributed by atoms with E-state index in [-0.39, 0.29) is 11.2 Å². The Labute approximate surface area is 170 Å². The van der Waals surface area contributed by atoms with Gasteiger partial charge in [-0.3, -0.25) is 0 Å². The van der Waals surface area contributed by atoms with Crippen molar-refractivity contribution in [3.05, 3.63) is 24.3 Å². The maximum absolute atomic E-state index is 5.33. The fraction of sp³-hybridized carbons (Fsp3) is 0.625. The van der Waals surface area contributed by atoms with Crippen LogP contribution in [0.1, 0.15) is 27.7 Å². The van der Waals surface area contributed by atoms with Crippen molar-refractivity contribution in [2.75, 3.05) is 27.4 Å². The normalized spacial score (nSPS) is 19.1. The van der Waals surface area contributed by atoms with Gasteiger partial charge in [0, 0.05) is 14.2 Å². The van der Waals surface area contributed by atoms with E-state index in [9.17, 15) is 0 Å². The van der Waals surface area contributed by atoms with E-state index in [1.54, 1.807) is 14.2 Å². The highest BCUT2D eigenvalue weighted by Crippen LogP contribution is 2.33. The highest BCUT2D eigenvalue weighted by molar-refractivity contribution is 6.22. The Morgan fingerprint density at radius 2 is 1.25 bits per heavy atom. The topological polar surface area (TPSA) is 73.8 Å². The SMILES string of the molecule is B1OCCO1.B1Oc2ccccc2O1.CC1(C)OBOC1(C)C.COBOC. The van der Waals surface area contributed by atoms with Crippen molar-refractivity contribution in [1.29, 1.82) is 0 Å². The highest BCUT2D eigenvalue weighted by atomic mass is 16.7. The zero-order valence-corrected chi connectivity index (χ0v) is 17.8. The smallest absolute Gasteiger partial charge is 0.526 e. The van der Waals surface area contributed by atoms with Crippen LogP contribution in [0, 0.1) is 0 Å². The third-order valence-corrected chi connectivity index (χ3v) is 4.34. The molecule has 0 saturated carbocycles. The third-order valence-electron chi connectivity index (χ3n) is 4.34. The fourth-order valence-corrected chi connectivity index (χ4v) is 1.93. The first-order valence-electron chi connectivity index (χ1n) is 9.10. The quantitative estimate of drug-likeness (QED) is 0.670. The molecule has 2 fully saturated rings. The Hall–Kier alpha value is -1.16. The molecule has 28 heavy (non-hydrogen) atoms. The van der Waals surface area contributed by atoms with Gasteiger partial charge in [-0.15, -0.1) is 0 Å². The summed E-state index contributed by atoms with van der Waals surface area (Å²) in [5.74, 6) is 1.69. The summed E-state index contributed by atoms with van der Waals surface area (Å²) in [5.41, 5.74) is -0.264. The van der Waals surface area contributed by atoms with Crippen LogP contribution in [0.3, 0.4) is 0 Å². The molecule has 1 aromatic rings. The third kappa shape index (κ3) is 8.89. The molecule has 4 rings (SSSR count). The van der Waals surface area contributed by atoms with Crippen LogP contribution < -0.4 is 9.31 Å². The molecule has 2 saturated heterocycles. The second-order valence-electron chi connectivity index (χ2n) is 6.91. The van der Waals surface area contributed by atoms with E-state index < -0.39 is 0 Å². The van der Waals surface area contributed by atoms with Gasteiger partial charge < -0.3 is 37.2 Å². The molecule has 0 N–H and O–H groups in total. The maximum Gasteiger partial charge on any atom is 0.576 e. The molecule has 0 radical (unpaired) electrons. The lowest BCUT2D eigenvalue weighted by atomic mass is 9.90. The number of hydrogen-bond donors (Lipinski definition) is 0. The number of hydrogen-bond acceptors (Lipinski definition) is 8. The van der Waals surface area contributed by atoms with Gasteiger partial charge in [0.15, 0.2) is 0 Å². The monoisotopic (exact) mass is 394 g/mol. The summed E-state index contributed by atoms with van der Waals surface area (Å²) >= 11 is 0. The minimum Gasteiger partial charge on any atom is -0.526 e. The zero-order chi connectivity index (χ0) is 20.9. The first-order chi connectivity index (χ1) is 13.3. The molecule has 1 aromatic carbocycles. The van der Waals surface area contributed by atoms with E-state index in [1.807, 2.05) is 52.0 Å². The molecular weight excluding hydrogens is 363 g/mol. The van der Waals surface area contributed by atoms with Gasteiger partial charge >= 0.3 is 30.7 Å². The van der Waals surface area contributed by atoms with Crippen molar-refractivity contribution >= 4 is 30.7 Å².